The number of fused-ring (bicyclic) bond motifs is 2. The second-order valence-electron chi connectivity index (χ2n) is 11.6. The van der Waals surface area contributed by atoms with Gasteiger partial charge in [-0.2, -0.15) is 32.0 Å². The molecule has 0 aliphatic rings. The Kier molecular flexibility index (Phi) is 10.2. The van der Waals surface area contributed by atoms with Gasteiger partial charge in [0.2, 0.25) is 5.95 Å². The fourth-order valence-electron chi connectivity index (χ4n) is 5.58. The third kappa shape index (κ3) is 8.25. The number of benzene rings is 3. The van der Waals surface area contributed by atoms with Crippen molar-refractivity contribution in [1.82, 2.24) is 39.1 Å². The van der Waals surface area contributed by atoms with Gasteiger partial charge in [-0.05, 0) is 91.9 Å². The van der Waals surface area contributed by atoms with E-state index < -0.39 is 18.5 Å². The number of nitrogens with zero attached hydrogens (tertiary/aromatic N) is 8. The summed E-state index contributed by atoms with van der Waals surface area (Å²) in [4.78, 5) is 21.7. The molecule has 5 aromatic heterocycles. The van der Waals surface area contributed by atoms with Gasteiger partial charge in [-0.25, -0.2) is 24.5 Å². The molecule has 0 radical (unpaired) electrons. The van der Waals surface area contributed by atoms with Crippen molar-refractivity contribution in [2.45, 2.75) is 19.7 Å². The van der Waals surface area contributed by atoms with Crippen molar-refractivity contribution >= 4 is 39.6 Å². The highest BCUT2D eigenvalue weighted by molar-refractivity contribution is 5.80. The highest BCUT2D eigenvalue weighted by Crippen LogP contribution is 2.38. The van der Waals surface area contributed by atoms with Crippen molar-refractivity contribution in [3.05, 3.63) is 133 Å². The summed E-state index contributed by atoms with van der Waals surface area (Å²) in [7, 11) is 1.56. The zero-order valence-electron chi connectivity index (χ0n) is 28.9. The Balaban J connectivity index is 0.000000169. The molecule has 5 heterocycles. The molecule has 0 aliphatic carbocycles. The van der Waals surface area contributed by atoms with Crippen LogP contribution in [-0.4, -0.2) is 52.8 Å². The maximum absolute atomic E-state index is 13.5. The number of rotatable bonds is 9. The molecule has 3 aromatic carbocycles. The zero-order valence-corrected chi connectivity index (χ0v) is 28.9. The number of halogens is 5. The quantitative estimate of drug-likeness (QED) is 0.138. The topological polar surface area (TPSA) is 129 Å². The molecular weight excluding hydrogens is 723 g/mol. The standard InChI is InChI=1S/C19H14F3N5O.C19H15F2N5O/c1-28-13-7-5-12(6-8-13)24-15-9-10-23-18(25-15)16-14-4-2-3-11-27(14)26-17(16)19(20,21)22;1-12-23-15-4-2-3-5-16(15)26(12)19-22-11-10-17(25-19)24-13-6-8-14(9-7-13)27-18(20)21/h2-11H,1H3,(H,23,24,25);2-11,18H,1H3,(H,22,24,25). The van der Waals surface area contributed by atoms with Crippen molar-refractivity contribution < 1.29 is 31.4 Å². The first-order valence-electron chi connectivity index (χ1n) is 16.4. The van der Waals surface area contributed by atoms with E-state index in [9.17, 15) is 22.0 Å². The summed E-state index contributed by atoms with van der Waals surface area (Å²) in [6.07, 6.45) is -0.133. The molecule has 0 aliphatic heterocycles. The Labute approximate surface area is 309 Å². The Hall–Kier alpha value is -7.17. The molecule has 17 heteroatoms. The van der Waals surface area contributed by atoms with E-state index in [1.54, 1.807) is 80.0 Å². The fourth-order valence-corrected chi connectivity index (χ4v) is 5.58. The summed E-state index contributed by atoms with van der Waals surface area (Å²) < 4.78 is 77.5. The number of imidazole rings is 1. The van der Waals surface area contributed by atoms with Crippen LogP contribution in [-0.2, 0) is 6.18 Å². The Morgan fingerprint density at radius 1 is 0.691 bits per heavy atom. The van der Waals surface area contributed by atoms with Crippen LogP contribution >= 0.6 is 0 Å². The molecular formula is C38H29F5N10O2. The first-order valence-corrected chi connectivity index (χ1v) is 16.4. The van der Waals surface area contributed by atoms with Crippen LogP contribution in [0.2, 0.25) is 0 Å². The number of pyridine rings is 1. The van der Waals surface area contributed by atoms with E-state index in [0.29, 0.717) is 34.7 Å². The highest BCUT2D eigenvalue weighted by atomic mass is 19.4. The molecule has 0 atom stereocenters. The molecule has 12 nitrogen and oxygen atoms in total. The van der Waals surface area contributed by atoms with Gasteiger partial charge in [-0.1, -0.05) is 18.2 Å². The highest BCUT2D eigenvalue weighted by Gasteiger charge is 2.39. The van der Waals surface area contributed by atoms with Crippen LogP contribution in [0.4, 0.5) is 45.0 Å². The average molecular weight is 753 g/mol. The predicted molar refractivity (Wildman–Crippen MR) is 195 cm³/mol. The van der Waals surface area contributed by atoms with Crippen molar-refractivity contribution in [2.75, 3.05) is 17.7 Å². The normalized spacial score (nSPS) is 11.3. The lowest BCUT2D eigenvalue weighted by Crippen LogP contribution is -2.08. The average Bonchev–Trinajstić information content (AvgIpc) is 3.74. The predicted octanol–water partition coefficient (Wildman–Crippen LogP) is 9.03. The van der Waals surface area contributed by atoms with Gasteiger partial charge in [0.1, 0.15) is 29.0 Å². The second kappa shape index (κ2) is 15.4. The van der Waals surface area contributed by atoms with E-state index in [4.69, 9.17) is 4.74 Å². The van der Waals surface area contributed by atoms with Crippen molar-refractivity contribution in [3.63, 3.8) is 0 Å². The van der Waals surface area contributed by atoms with Crippen LogP contribution in [0, 0.1) is 6.92 Å². The molecule has 0 amide bonds. The van der Waals surface area contributed by atoms with E-state index >= 15 is 0 Å². The fraction of sp³-hybridized carbons (Fsp3) is 0.105. The number of nitrogens with one attached hydrogen (secondary N) is 2. The molecule has 8 rings (SSSR count). The van der Waals surface area contributed by atoms with E-state index in [1.165, 1.54) is 29.0 Å². The minimum absolute atomic E-state index is 0.0629. The molecule has 0 saturated carbocycles. The number of para-hydroxylation sites is 2. The maximum atomic E-state index is 13.5. The van der Waals surface area contributed by atoms with Crippen molar-refractivity contribution in [1.29, 1.82) is 0 Å². The molecule has 0 bridgehead atoms. The smallest absolute Gasteiger partial charge is 0.435 e. The number of hydrogen-bond acceptors (Lipinski definition) is 10. The van der Waals surface area contributed by atoms with Gasteiger partial charge in [0, 0.05) is 30.0 Å². The molecule has 55 heavy (non-hydrogen) atoms. The van der Waals surface area contributed by atoms with E-state index in [2.05, 4.69) is 45.4 Å². The summed E-state index contributed by atoms with van der Waals surface area (Å²) in [5, 5.41) is 9.85. The monoisotopic (exact) mass is 752 g/mol. The molecule has 2 N–H and O–H groups in total. The lowest BCUT2D eigenvalue weighted by Gasteiger charge is -2.10. The van der Waals surface area contributed by atoms with Gasteiger partial charge < -0.3 is 20.1 Å². The first-order chi connectivity index (χ1) is 26.6. The summed E-state index contributed by atoms with van der Waals surface area (Å²) in [6, 6.07) is 29.1. The first kappa shape index (κ1) is 36.2. The van der Waals surface area contributed by atoms with E-state index in [-0.39, 0.29) is 22.7 Å². The summed E-state index contributed by atoms with van der Waals surface area (Å²) in [6.45, 7) is -0.952. The number of hydrogen-bond donors (Lipinski definition) is 2. The van der Waals surface area contributed by atoms with Gasteiger partial charge in [-0.15, -0.1) is 0 Å². The maximum Gasteiger partial charge on any atom is 0.435 e. The van der Waals surface area contributed by atoms with Gasteiger partial charge in [0.15, 0.2) is 11.5 Å². The van der Waals surface area contributed by atoms with Crippen molar-refractivity contribution in [3.8, 4) is 28.8 Å². The summed E-state index contributed by atoms with van der Waals surface area (Å²) in [5.74, 6) is 2.92. The molecule has 0 fully saturated rings. The van der Waals surface area contributed by atoms with Crippen LogP contribution in [0.5, 0.6) is 11.5 Å². The number of anilines is 4. The minimum Gasteiger partial charge on any atom is -0.497 e. The molecule has 0 saturated heterocycles. The number of aromatic nitrogens is 8. The van der Waals surface area contributed by atoms with E-state index in [1.807, 2.05) is 35.8 Å². The molecule has 0 unspecified atom stereocenters. The SMILES string of the molecule is COc1ccc(Nc2ccnc(-c3c(C(F)(F)F)nn4ccccc34)n2)cc1.Cc1nc2ccccc2n1-c1nccc(Nc2ccc(OC(F)F)cc2)n1. The lowest BCUT2D eigenvalue weighted by molar-refractivity contribution is -0.140. The number of methoxy groups -OCH3 is 1. The number of aryl methyl sites for hydroxylation is 1. The molecule has 0 spiro atoms. The number of alkyl halides is 5. The zero-order chi connectivity index (χ0) is 38.5. The largest absolute Gasteiger partial charge is 0.497 e. The van der Waals surface area contributed by atoms with Gasteiger partial charge in [0.25, 0.3) is 0 Å². The number of ether oxygens (including phenoxy) is 2. The Morgan fingerprint density at radius 3 is 1.98 bits per heavy atom. The minimum atomic E-state index is -4.63. The van der Waals surface area contributed by atoms with Crippen LogP contribution in [0.15, 0.2) is 122 Å². The van der Waals surface area contributed by atoms with Gasteiger partial charge >= 0.3 is 12.8 Å². The Bertz CT molecular complexity index is 2560. The van der Waals surface area contributed by atoms with E-state index in [0.717, 1.165) is 16.9 Å². The third-order valence-corrected chi connectivity index (χ3v) is 7.97. The van der Waals surface area contributed by atoms with Crippen LogP contribution < -0.4 is 20.1 Å². The lowest BCUT2D eigenvalue weighted by atomic mass is 10.1. The van der Waals surface area contributed by atoms with Gasteiger partial charge in [-0.3, -0.25) is 4.57 Å². The van der Waals surface area contributed by atoms with Crippen LogP contribution in [0.1, 0.15) is 11.5 Å². The van der Waals surface area contributed by atoms with Crippen molar-refractivity contribution in [2.24, 2.45) is 0 Å². The molecule has 278 valence electrons. The second-order valence-corrected chi connectivity index (χ2v) is 11.6. The summed E-state index contributed by atoms with van der Waals surface area (Å²) >= 11 is 0. The molecule has 8 aromatic rings. The Morgan fingerprint density at radius 2 is 1.31 bits per heavy atom. The van der Waals surface area contributed by atoms with Crippen LogP contribution in [0.25, 0.3) is 33.9 Å². The van der Waals surface area contributed by atoms with Gasteiger partial charge in [0.05, 0.1) is 29.2 Å². The van der Waals surface area contributed by atoms with Crippen LogP contribution in [0.3, 0.4) is 0 Å². The summed E-state index contributed by atoms with van der Waals surface area (Å²) in [5.41, 5.74) is 2.27. The third-order valence-electron chi connectivity index (χ3n) is 7.97.